The van der Waals surface area contributed by atoms with E-state index in [1.165, 1.54) is 0 Å². The number of hydrogen-bond donors (Lipinski definition) is 2. The van der Waals surface area contributed by atoms with Gasteiger partial charge in [-0.2, -0.15) is 0 Å². The van der Waals surface area contributed by atoms with Gasteiger partial charge in [-0.15, -0.1) is 0 Å². The summed E-state index contributed by atoms with van der Waals surface area (Å²) < 4.78 is 0.771. The van der Waals surface area contributed by atoms with Crippen molar-refractivity contribution in [3.05, 3.63) is 23.3 Å². The minimum Gasteiger partial charge on any atom is -1.00 e. The average Bonchev–Trinajstić information content (AvgIpc) is 2.43. The molecule has 1 aliphatic rings. The second-order valence-corrected chi connectivity index (χ2v) is 6.48. The number of benzene rings is 1. The van der Waals surface area contributed by atoms with Gasteiger partial charge in [0.05, 0.1) is 20.1 Å². The van der Waals surface area contributed by atoms with Crippen LogP contribution >= 0.6 is 0 Å². The Kier molecular flexibility index (Phi) is 6.23. The molecule has 124 valence electrons. The van der Waals surface area contributed by atoms with Crippen molar-refractivity contribution in [3.63, 3.8) is 0 Å². The number of halogens is 1. The average molecular weight is 328 g/mol. The molecule has 1 heterocycles. The smallest absolute Gasteiger partial charge is 0.279 e. The van der Waals surface area contributed by atoms with Gasteiger partial charge in [0.25, 0.3) is 5.91 Å². The third kappa shape index (κ3) is 4.35. The SMILES string of the molecule is Cc1ccc(NC(=O)C[N+]2(C)CCN(C)CC2)c(C)c1O.[Cl-]. The lowest BCUT2D eigenvalue weighted by Crippen LogP contribution is -3.00. The number of aryl methyl sites for hydroxylation is 1. The molecule has 1 aromatic rings. The first-order chi connectivity index (χ1) is 9.81. The number of quaternary nitrogens is 1. The Morgan fingerprint density at radius 3 is 2.50 bits per heavy atom. The van der Waals surface area contributed by atoms with Crippen molar-refractivity contribution in [2.75, 3.05) is 52.1 Å². The highest BCUT2D eigenvalue weighted by atomic mass is 35.5. The van der Waals surface area contributed by atoms with Gasteiger partial charge in [0.2, 0.25) is 0 Å². The van der Waals surface area contributed by atoms with E-state index in [1.54, 1.807) is 0 Å². The number of carbonyl (C=O) groups excluding carboxylic acids is 1. The molecule has 0 aromatic heterocycles. The molecular weight excluding hydrogens is 302 g/mol. The zero-order valence-electron chi connectivity index (χ0n) is 13.8. The molecular formula is C16H26ClN3O2. The fraction of sp³-hybridized carbons (Fsp3) is 0.562. The summed E-state index contributed by atoms with van der Waals surface area (Å²) in [7, 11) is 4.24. The Morgan fingerprint density at radius 1 is 1.32 bits per heavy atom. The Labute approximate surface area is 138 Å². The Morgan fingerprint density at radius 2 is 1.91 bits per heavy atom. The molecule has 0 bridgehead atoms. The maximum absolute atomic E-state index is 12.3. The summed E-state index contributed by atoms with van der Waals surface area (Å²) in [5.41, 5.74) is 2.25. The Balaban J connectivity index is 0.00000242. The third-order valence-electron chi connectivity index (χ3n) is 4.48. The topological polar surface area (TPSA) is 52.6 Å². The number of carbonyl (C=O) groups is 1. The molecule has 0 saturated carbocycles. The van der Waals surface area contributed by atoms with Gasteiger partial charge in [0, 0.05) is 24.3 Å². The fourth-order valence-corrected chi connectivity index (χ4v) is 2.71. The third-order valence-corrected chi connectivity index (χ3v) is 4.48. The van der Waals surface area contributed by atoms with E-state index in [4.69, 9.17) is 0 Å². The number of rotatable bonds is 3. The molecule has 0 unspecified atom stereocenters. The summed E-state index contributed by atoms with van der Waals surface area (Å²) in [5, 5.41) is 12.9. The van der Waals surface area contributed by atoms with E-state index in [9.17, 15) is 9.90 Å². The number of nitrogens with one attached hydrogen (secondary N) is 1. The highest BCUT2D eigenvalue weighted by Gasteiger charge is 2.29. The first-order valence-electron chi connectivity index (χ1n) is 7.42. The maximum Gasteiger partial charge on any atom is 0.279 e. The van der Waals surface area contributed by atoms with Crippen LogP contribution in [0.25, 0.3) is 0 Å². The highest BCUT2D eigenvalue weighted by molar-refractivity contribution is 5.92. The van der Waals surface area contributed by atoms with E-state index in [0.717, 1.165) is 41.8 Å². The van der Waals surface area contributed by atoms with E-state index in [1.807, 2.05) is 26.0 Å². The second-order valence-electron chi connectivity index (χ2n) is 6.48. The number of phenolic OH excluding ortho intramolecular Hbond substituents is 1. The van der Waals surface area contributed by atoms with E-state index in [-0.39, 0.29) is 24.1 Å². The summed E-state index contributed by atoms with van der Waals surface area (Å²) in [4.78, 5) is 14.6. The number of phenols is 1. The molecule has 5 nitrogen and oxygen atoms in total. The van der Waals surface area contributed by atoms with Crippen LogP contribution in [-0.4, -0.2) is 67.2 Å². The largest absolute Gasteiger partial charge is 1.00 e. The Bertz CT molecular complexity index is 540. The molecule has 1 fully saturated rings. The number of nitrogens with zero attached hydrogens (tertiary/aromatic N) is 2. The van der Waals surface area contributed by atoms with Gasteiger partial charge in [-0.1, -0.05) is 6.07 Å². The van der Waals surface area contributed by atoms with Crippen molar-refractivity contribution in [1.82, 2.24) is 4.90 Å². The molecule has 1 aromatic carbocycles. The van der Waals surface area contributed by atoms with Crippen LogP contribution in [0.5, 0.6) is 5.75 Å². The van der Waals surface area contributed by atoms with Crippen molar-refractivity contribution in [3.8, 4) is 5.75 Å². The molecule has 6 heteroatoms. The predicted molar refractivity (Wildman–Crippen MR) is 84.5 cm³/mol. The first-order valence-corrected chi connectivity index (χ1v) is 7.42. The molecule has 0 radical (unpaired) electrons. The number of anilines is 1. The van der Waals surface area contributed by atoms with E-state index < -0.39 is 0 Å². The lowest BCUT2D eigenvalue weighted by Gasteiger charge is -2.40. The molecule has 0 aliphatic carbocycles. The molecule has 0 spiro atoms. The minimum atomic E-state index is 0. The number of piperazine rings is 1. The van der Waals surface area contributed by atoms with E-state index in [2.05, 4.69) is 24.3 Å². The normalized spacial score (nSPS) is 17.6. The van der Waals surface area contributed by atoms with Gasteiger partial charge in [-0.25, -0.2) is 0 Å². The van der Waals surface area contributed by atoms with Crippen LogP contribution in [0.15, 0.2) is 12.1 Å². The molecule has 2 N–H and O–H groups in total. The van der Waals surface area contributed by atoms with Crippen LogP contribution < -0.4 is 17.7 Å². The van der Waals surface area contributed by atoms with Crippen LogP contribution in [0.4, 0.5) is 5.69 Å². The van der Waals surface area contributed by atoms with E-state index >= 15 is 0 Å². The fourth-order valence-electron chi connectivity index (χ4n) is 2.71. The zero-order valence-corrected chi connectivity index (χ0v) is 14.6. The lowest BCUT2D eigenvalue weighted by molar-refractivity contribution is -0.905. The van der Waals surface area contributed by atoms with Gasteiger partial charge in [0.1, 0.15) is 5.75 Å². The zero-order chi connectivity index (χ0) is 15.6. The molecule has 1 saturated heterocycles. The van der Waals surface area contributed by atoms with Crippen LogP contribution in [0, 0.1) is 13.8 Å². The van der Waals surface area contributed by atoms with Crippen molar-refractivity contribution in [2.45, 2.75) is 13.8 Å². The molecule has 1 amide bonds. The Hall–Kier alpha value is -1.30. The van der Waals surface area contributed by atoms with Crippen LogP contribution in [-0.2, 0) is 4.79 Å². The highest BCUT2D eigenvalue weighted by Crippen LogP contribution is 2.28. The number of hydrogen-bond acceptors (Lipinski definition) is 3. The van der Waals surface area contributed by atoms with Crippen molar-refractivity contribution >= 4 is 11.6 Å². The number of amides is 1. The van der Waals surface area contributed by atoms with Crippen molar-refractivity contribution in [2.24, 2.45) is 0 Å². The van der Waals surface area contributed by atoms with E-state index in [0.29, 0.717) is 12.2 Å². The number of likely N-dealkylation sites (N-methyl/N-ethyl adjacent to an activating group) is 2. The molecule has 0 atom stereocenters. The second kappa shape index (κ2) is 7.31. The summed E-state index contributed by atoms with van der Waals surface area (Å²) in [6.45, 7) is 8.17. The van der Waals surface area contributed by atoms with Gasteiger partial charge < -0.3 is 27.3 Å². The van der Waals surface area contributed by atoms with Gasteiger partial charge in [0.15, 0.2) is 6.54 Å². The van der Waals surface area contributed by atoms with Gasteiger partial charge in [-0.05, 0) is 32.5 Å². The number of aromatic hydroxyl groups is 1. The first kappa shape index (κ1) is 18.7. The summed E-state index contributed by atoms with van der Waals surface area (Å²) in [5.74, 6) is 0.265. The molecule has 1 aliphatic heterocycles. The van der Waals surface area contributed by atoms with Crippen molar-refractivity contribution in [1.29, 1.82) is 0 Å². The van der Waals surface area contributed by atoms with Gasteiger partial charge in [-0.3, -0.25) is 9.69 Å². The summed E-state index contributed by atoms with van der Waals surface area (Å²) in [6.07, 6.45) is 0. The standard InChI is InChI=1S/C16H25N3O2.ClH/c1-12-5-6-14(13(2)16(12)21)17-15(20)11-19(4)9-7-18(3)8-10-19;/h5-6H,7-11H2,1-4H3,(H-,17,20,21);1H. The minimum absolute atomic E-state index is 0. The monoisotopic (exact) mass is 327 g/mol. The quantitative estimate of drug-likeness (QED) is 0.654. The molecule has 2 rings (SSSR count). The van der Waals surface area contributed by atoms with Crippen LogP contribution in [0.1, 0.15) is 11.1 Å². The van der Waals surface area contributed by atoms with Gasteiger partial charge >= 0.3 is 0 Å². The summed E-state index contributed by atoms with van der Waals surface area (Å²) >= 11 is 0. The van der Waals surface area contributed by atoms with Crippen molar-refractivity contribution < 1.29 is 26.8 Å². The predicted octanol–water partition coefficient (Wildman–Crippen LogP) is -1.66. The van der Waals surface area contributed by atoms with Crippen LogP contribution in [0.2, 0.25) is 0 Å². The molecule has 22 heavy (non-hydrogen) atoms. The summed E-state index contributed by atoms with van der Waals surface area (Å²) in [6, 6.07) is 3.68. The lowest BCUT2D eigenvalue weighted by atomic mass is 10.1. The van der Waals surface area contributed by atoms with Crippen LogP contribution in [0.3, 0.4) is 0 Å². The maximum atomic E-state index is 12.3.